The third kappa shape index (κ3) is 4.92. The van der Waals surface area contributed by atoms with Gasteiger partial charge in [0.2, 0.25) is 5.91 Å². The summed E-state index contributed by atoms with van der Waals surface area (Å²) in [6.07, 6.45) is 8.46. The first-order valence-electron chi connectivity index (χ1n) is 16.7. The Hall–Kier alpha value is -2.10. The zero-order valence-corrected chi connectivity index (χ0v) is 27.3. The van der Waals surface area contributed by atoms with E-state index in [1.54, 1.807) is 4.90 Å². The standard InChI is InChI=1S/C34H50BN3O5/c1-30(2,3)41-29(40)36-17-14-34(15-18-36)26-10-9-23(35-42-31(4,5)32(6,7)43-35)19-27(26)38(28(34)39)25-20-24(21-25)37-16-8-11-33(22-37)12-13-33/h9-10,19,24-25H,8,11-18,20-22H2,1-7H3. The number of fused-ring (bicyclic) bond motifs is 2. The third-order valence-corrected chi connectivity index (χ3v) is 11.8. The van der Waals surface area contributed by atoms with Crippen molar-refractivity contribution in [3.05, 3.63) is 23.8 Å². The summed E-state index contributed by atoms with van der Waals surface area (Å²) in [4.78, 5) is 34.1. The molecule has 8 nitrogen and oxygen atoms in total. The molecule has 2 amide bonds. The smallest absolute Gasteiger partial charge is 0.444 e. The molecular formula is C34H50BN3O5. The molecule has 4 aliphatic heterocycles. The van der Waals surface area contributed by atoms with Gasteiger partial charge in [-0.15, -0.1) is 0 Å². The largest absolute Gasteiger partial charge is 0.494 e. The Balaban J connectivity index is 1.15. The summed E-state index contributed by atoms with van der Waals surface area (Å²) in [6, 6.07) is 7.17. The second-order valence-electron chi connectivity index (χ2n) is 16.4. The summed E-state index contributed by atoms with van der Waals surface area (Å²) >= 11 is 0. The average Bonchev–Trinajstić information content (AvgIpc) is 3.54. The van der Waals surface area contributed by atoms with Gasteiger partial charge in [-0.25, -0.2) is 4.79 Å². The van der Waals surface area contributed by atoms with Crippen molar-refractivity contribution in [3.63, 3.8) is 0 Å². The van der Waals surface area contributed by atoms with Crippen LogP contribution in [0, 0.1) is 5.41 Å². The molecule has 2 spiro atoms. The van der Waals surface area contributed by atoms with Crippen molar-refractivity contribution >= 4 is 30.3 Å². The SMILES string of the molecule is CC(C)(C)OC(=O)N1CCC2(CC1)C(=O)N(C1CC(N3CCCC4(CC4)C3)C1)c1cc(B3OC(C)(C)C(C)(C)O3)ccc12. The number of hydrogen-bond donors (Lipinski definition) is 0. The van der Waals surface area contributed by atoms with Crippen molar-refractivity contribution in [2.45, 2.75) is 134 Å². The lowest BCUT2D eigenvalue weighted by molar-refractivity contribution is -0.126. The van der Waals surface area contributed by atoms with E-state index in [0.717, 1.165) is 29.6 Å². The van der Waals surface area contributed by atoms with E-state index < -0.39 is 29.3 Å². The summed E-state index contributed by atoms with van der Waals surface area (Å²) in [5.74, 6) is 0.207. The average molecular weight is 592 g/mol. The molecule has 43 heavy (non-hydrogen) atoms. The molecule has 0 bridgehead atoms. The van der Waals surface area contributed by atoms with E-state index in [0.29, 0.717) is 37.4 Å². The van der Waals surface area contributed by atoms with E-state index in [4.69, 9.17) is 14.0 Å². The Morgan fingerprint density at radius 2 is 1.58 bits per heavy atom. The molecule has 9 heteroatoms. The van der Waals surface area contributed by atoms with Crippen molar-refractivity contribution in [1.82, 2.24) is 9.80 Å². The molecule has 2 aliphatic carbocycles. The topological polar surface area (TPSA) is 71.6 Å². The normalized spacial score (nSPS) is 30.5. The highest BCUT2D eigenvalue weighted by Crippen LogP contribution is 2.55. The Labute approximate surface area is 257 Å². The first kappa shape index (κ1) is 29.6. The molecule has 0 radical (unpaired) electrons. The minimum absolute atomic E-state index is 0.199. The third-order valence-electron chi connectivity index (χ3n) is 11.8. The summed E-state index contributed by atoms with van der Waals surface area (Å²) in [5, 5.41) is 0. The van der Waals surface area contributed by atoms with E-state index in [-0.39, 0.29) is 18.0 Å². The van der Waals surface area contributed by atoms with Crippen LogP contribution in [0.5, 0.6) is 0 Å². The van der Waals surface area contributed by atoms with Gasteiger partial charge in [-0.2, -0.15) is 0 Å². The van der Waals surface area contributed by atoms with Crippen LogP contribution in [0.2, 0.25) is 0 Å². The Kier molecular flexibility index (Phi) is 6.68. The molecule has 7 rings (SSSR count). The molecule has 3 saturated heterocycles. The fraction of sp³-hybridized carbons (Fsp3) is 0.765. The first-order valence-corrected chi connectivity index (χ1v) is 16.7. The van der Waals surface area contributed by atoms with E-state index in [2.05, 4.69) is 55.7 Å². The van der Waals surface area contributed by atoms with Crippen LogP contribution in [0.4, 0.5) is 10.5 Å². The zero-order chi connectivity index (χ0) is 30.6. The van der Waals surface area contributed by atoms with Crippen molar-refractivity contribution < 1.29 is 23.6 Å². The summed E-state index contributed by atoms with van der Waals surface area (Å²) in [5.41, 5.74) is 1.65. The summed E-state index contributed by atoms with van der Waals surface area (Å²) in [7, 11) is -0.477. The van der Waals surface area contributed by atoms with Crippen LogP contribution in [0.15, 0.2) is 18.2 Å². The van der Waals surface area contributed by atoms with Crippen LogP contribution >= 0.6 is 0 Å². The molecule has 2 saturated carbocycles. The second-order valence-corrected chi connectivity index (χ2v) is 16.4. The lowest BCUT2D eigenvalue weighted by Gasteiger charge is -2.49. The number of rotatable bonds is 3. The van der Waals surface area contributed by atoms with E-state index in [1.807, 2.05) is 20.8 Å². The zero-order valence-electron chi connectivity index (χ0n) is 27.3. The van der Waals surface area contributed by atoms with Gasteiger partial charge in [-0.1, -0.05) is 12.1 Å². The van der Waals surface area contributed by atoms with E-state index in [9.17, 15) is 9.59 Å². The predicted octanol–water partition coefficient (Wildman–Crippen LogP) is 5.01. The number of carbonyl (C=O) groups excluding carboxylic acids is 2. The lowest BCUT2D eigenvalue weighted by atomic mass is 9.71. The van der Waals surface area contributed by atoms with Gasteiger partial charge in [0.25, 0.3) is 0 Å². The Morgan fingerprint density at radius 3 is 2.19 bits per heavy atom. The van der Waals surface area contributed by atoms with Gasteiger partial charge >= 0.3 is 13.2 Å². The maximum Gasteiger partial charge on any atom is 0.494 e. The number of carbonyl (C=O) groups is 2. The monoisotopic (exact) mass is 591 g/mol. The number of anilines is 1. The van der Waals surface area contributed by atoms with E-state index >= 15 is 0 Å². The number of nitrogens with zero attached hydrogens (tertiary/aromatic N) is 3. The highest BCUT2D eigenvalue weighted by molar-refractivity contribution is 6.62. The first-order chi connectivity index (χ1) is 20.1. The number of ether oxygens (including phenoxy) is 1. The van der Waals surface area contributed by atoms with Crippen molar-refractivity contribution in [2.75, 3.05) is 31.1 Å². The van der Waals surface area contributed by atoms with Gasteiger partial charge in [-0.05, 0) is 129 Å². The molecule has 0 N–H and O–H groups in total. The number of benzene rings is 1. The van der Waals surface area contributed by atoms with E-state index in [1.165, 1.54) is 38.8 Å². The molecule has 5 fully saturated rings. The van der Waals surface area contributed by atoms with Crippen molar-refractivity contribution in [2.24, 2.45) is 5.41 Å². The van der Waals surface area contributed by atoms with Crippen molar-refractivity contribution in [3.8, 4) is 0 Å². The molecule has 4 heterocycles. The van der Waals surface area contributed by atoms with Gasteiger partial charge < -0.3 is 23.8 Å². The van der Waals surface area contributed by atoms with Gasteiger partial charge in [0.05, 0.1) is 16.6 Å². The van der Waals surface area contributed by atoms with Gasteiger partial charge in [-0.3, -0.25) is 9.69 Å². The molecule has 1 aromatic carbocycles. The van der Waals surface area contributed by atoms with Gasteiger partial charge in [0, 0.05) is 37.4 Å². The van der Waals surface area contributed by atoms with Crippen LogP contribution < -0.4 is 10.4 Å². The second kappa shape index (κ2) is 9.70. The molecule has 0 atom stereocenters. The molecule has 234 valence electrons. The fourth-order valence-electron chi connectivity index (χ4n) is 8.19. The fourth-order valence-corrected chi connectivity index (χ4v) is 8.19. The number of amides is 2. The summed E-state index contributed by atoms with van der Waals surface area (Å²) in [6.45, 7) is 17.4. The van der Waals surface area contributed by atoms with Crippen LogP contribution in [0.25, 0.3) is 0 Å². The molecular weight excluding hydrogens is 541 g/mol. The highest BCUT2D eigenvalue weighted by Gasteiger charge is 2.58. The summed E-state index contributed by atoms with van der Waals surface area (Å²) < 4.78 is 18.5. The van der Waals surface area contributed by atoms with Crippen LogP contribution in [-0.2, 0) is 24.3 Å². The predicted molar refractivity (Wildman–Crippen MR) is 168 cm³/mol. The maximum absolute atomic E-state index is 14.6. The number of likely N-dealkylation sites (tertiary alicyclic amines) is 2. The van der Waals surface area contributed by atoms with Crippen molar-refractivity contribution in [1.29, 1.82) is 0 Å². The molecule has 0 aromatic heterocycles. The quantitative estimate of drug-likeness (QED) is 0.461. The molecule has 1 aromatic rings. The Morgan fingerprint density at radius 1 is 0.930 bits per heavy atom. The number of piperidine rings is 2. The van der Waals surface area contributed by atoms with Gasteiger partial charge in [0.15, 0.2) is 0 Å². The highest BCUT2D eigenvalue weighted by atomic mass is 16.7. The van der Waals surface area contributed by atoms with Crippen LogP contribution in [0.1, 0.15) is 105 Å². The minimum atomic E-state index is -0.614. The Bertz CT molecular complexity index is 1290. The maximum atomic E-state index is 14.6. The van der Waals surface area contributed by atoms with Gasteiger partial charge in [0.1, 0.15) is 5.60 Å². The lowest BCUT2D eigenvalue weighted by Crippen LogP contribution is -2.59. The van der Waals surface area contributed by atoms with Crippen LogP contribution in [-0.4, -0.2) is 84.0 Å². The minimum Gasteiger partial charge on any atom is -0.444 e. The number of hydrogen-bond acceptors (Lipinski definition) is 6. The molecule has 6 aliphatic rings. The molecule has 0 unspecified atom stereocenters. The van der Waals surface area contributed by atoms with Crippen LogP contribution in [0.3, 0.4) is 0 Å².